The van der Waals surface area contributed by atoms with Gasteiger partial charge in [-0.05, 0) is 39.8 Å². The molecule has 25 heavy (non-hydrogen) atoms. The molecule has 0 aliphatic heterocycles. The molecule has 0 saturated carbocycles. The Morgan fingerprint density at radius 1 is 1.12 bits per heavy atom. The number of nitrogens with zero attached hydrogens (tertiary/aromatic N) is 1. The molecule has 140 valence electrons. The third-order valence-electron chi connectivity index (χ3n) is 3.07. The van der Waals surface area contributed by atoms with Gasteiger partial charge < -0.3 is 9.57 Å². The van der Waals surface area contributed by atoms with Crippen molar-refractivity contribution in [2.45, 2.75) is 39.8 Å². The molecule has 1 aromatic rings. The van der Waals surface area contributed by atoms with E-state index in [0.717, 1.165) is 0 Å². The van der Waals surface area contributed by atoms with Gasteiger partial charge in [-0.3, -0.25) is 9.63 Å². The SMILES string of the molecule is COc1c(Cl)ccc(Cl)c1C(=O)NOCC(=O)ON(C(C)C)C(C)C. The Morgan fingerprint density at radius 2 is 1.68 bits per heavy atom. The van der Waals surface area contributed by atoms with Gasteiger partial charge in [-0.2, -0.15) is 0 Å². The highest BCUT2D eigenvalue weighted by Crippen LogP contribution is 2.33. The number of halogens is 2. The second-order valence-corrected chi connectivity index (χ2v) is 6.48. The Morgan fingerprint density at radius 3 is 2.20 bits per heavy atom. The van der Waals surface area contributed by atoms with Crippen molar-refractivity contribution in [1.29, 1.82) is 0 Å². The monoisotopic (exact) mass is 392 g/mol. The Balaban J connectivity index is 2.64. The maximum atomic E-state index is 12.2. The highest BCUT2D eigenvalue weighted by molar-refractivity contribution is 6.37. The fourth-order valence-corrected chi connectivity index (χ4v) is 2.58. The molecule has 1 aromatic carbocycles. The molecule has 1 N–H and O–H groups in total. The van der Waals surface area contributed by atoms with E-state index in [1.165, 1.54) is 24.3 Å². The predicted molar refractivity (Wildman–Crippen MR) is 94.6 cm³/mol. The van der Waals surface area contributed by atoms with Crippen molar-refractivity contribution in [3.63, 3.8) is 0 Å². The first-order valence-corrected chi connectivity index (χ1v) is 8.37. The van der Waals surface area contributed by atoms with Gasteiger partial charge in [0.25, 0.3) is 5.91 Å². The minimum Gasteiger partial charge on any atom is -0.494 e. The summed E-state index contributed by atoms with van der Waals surface area (Å²) in [7, 11) is 1.36. The van der Waals surface area contributed by atoms with Crippen LogP contribution < -0.4 is 10.2 Å². The summed E-state index contributed by atoms with van der Waals surface area (Å²) in [4.78, 5) is 34.1. The molecular formula is C16H22Cl2N2O5. The maximum Gasteiger partial charge on any atom is 0.353 e. The largest absolute Gasteiger partial charge is 0.494 e. The number of carbonyl (C=O) groups excluding carboxylic acids is 2. The highest BCUT2D eigenvalue weighted by atomic mass is 35.5. The van der Waals surface area contributed by atoms with Crippen molar-refractivity contribution < 1.29 is 24.0 Å². The lowest BCUT2D eigenvalue weighted by Crippen LogP contribution is -2.40. The van der Waals surface area contributed by atoms with Crippen LogP contribution in [-0.2, 0) is 14.5 Å². The number of amides is 1. The molecule has 1 rings (SSSR count). The zero-order chi connectivity index (χ0) is 19.1. The lowest BCUT2D eigenvalue weighted by Gasteiger charge is -2.28. The second-order valence-electron chi connectivity index (χ2n) is 5.67. The van der Waals surface area contributed by atoms with E-state index in [1.54, 1.807) is 0 Å². The molecule has 0 bridgehead atoms. The van der Waals surface area contributed by atoms with Gasteiger partial charge in [0.15, 0.2) is 12.4 Å². The molecule has 0 spiro atoms. The Labute approximate surface area is 157 Å². The Bertz CT molecular complexity index is 615. The summed E-state index contributed by atoms with van der Waals surface area (Å²) in [6.45, 7) is 7.10. The first-order valence-electron chi connectivity index (χ1n) is 7.62. The van der Waals surface area contributed by atoms with Crippen LogP contribution in [0.5, 0.6) is 5.75 Å². The average molecular weight is 393 g/mol. The zero-order valence-electron chi connectivity index (χ0n) is 14.8. The number of carbonyl (C=O) groups is 2. The van der Waals surface area contributed by atoms with Crippen LogP contribution in [-0.4, -0.2) is 42.7 Å². The van der Waals surface area contributed by atoms with Crippen LogP contribution in [0.1, 0.15) is 38.1 Å². The van der Waals surface area contributed by atoms with Gasteiger partial charge in [0.2, 0.25) is 0 Å². The zero-order valence-corrected chi connectivity index (χ0v) is 16.3. The maximum absolute atomic E-state index is 12.2. The van der Waals surface area contributed by atoms with Crippen LogP contribution in [0, 0.1) is 0 Å². The molecule has 0 fully saturated rings. The summed E-state index contributed by atoms with van der Waals surface area (Å²) in [5.41, 5.74) is 2.13. The number of methoxy groups -OCH3 is 1. The lowest BCUT2D eigenvalue weighted by molar-refractivity contribution is -0.214. The molecule has 0 aliphatic carbocycles. The van der Waals surface area contributed by atoms with E-state index < -0.39 is 18.5 Å². The number of hydrogen-bond donors (Lipinski definition) is 1. The molecule has 0 aliphatic rings. The van der Waals surface area contributed by atoms with Crippen molar-refractivity contribution in [3.05, 3.63) is 27.7 Å². The molecular weight excluding hydrogens is 371 g/mol. The molecule has 1 amide bonds. The fourth-order valence-electron chi connectivity index (χ4n) is 2.11. The van der Waals surface area contributed by atoms with Crippen LogP contribution in [0.2, 0.25) is 10.0 Å². The lowest BCUT2D eigenvalue weighted by atomic mass is 10.2. The third-order valence-corrected chi connectivity index (χ3v) is 3.68. The number of nitrogens with one attached hydrogen (secondary N) is 1. The highest BCUT2D eigenvalue weighted by Gasteiger charge is 2.21. The number of ether oxygens (including phenoxy) is 1. The number of hydroxylamine groups is 3. The Kier molecular flexibility index (Phi) is 8.44. The predicted octanol–water partition coefficient (Wildman–Crippen LogP) is 3.24. The van der Waals surface area contributed by atoms with Crippen molar-refractivity contribution in [2.75, 3.05) is 13.7 Å². The molecule has 0 heterocycles. The molecule has 7 nitrogen and oxygen atoms in total. The topological polar surface area (TPSA) is 77.1 Å². The number of hydrogen-bond acceptors (Lipinski definition) is 6. The molecule has 0 aromatic heterocycles. The van der Waals surface area contributed by atoms with E-state index >= 15 is 0 Å². The smallest absolute Gasteiger partial charge is 0.353 e. The van der Waals surface area contributed by atoms with Crippen LogP contribution in [0.25, 0.3) is 0 Å². The van der Waals surface area contributed by atoms with Gasteiger partial charge in [-0.15, -0.1) is 5.06 Å². The van der Waals surface area contributed by atoms with Gasteiger partial charge in [0, 0.05) is 12.1 Å². The van der Waals surface area contributed by atoms with Crippen molar-refractivity contribution in [2.24, 2.45) is 0 Å². The van der Waals surface area contributed by atoms with Gasteiger partial charge >= 0.3 is 5.97 Å². The standard InChI is InChI=1S/C16H22Cl2N2O5/c1-9(2)20(10(3)4)25-13(21)8-24-19-16(22)14-11(17)6-7-12(18)15(14)23-5/h6-7,9-10H,8H2,1-5H3,(H,19,22). The Hall–Kier alpha value is -1.54. The first-order chi connectivity index (χ1) is 11.7. The summed E-state index contributed by atoms with van der Waals surface area (Å²) in [5.74, 6) is -1.22. The van der Waals surface area contributed by atoms with Gasteiger partial charge in [0.05, 0.1) is 17.2 Å². The summed E-state index contributed by atoms with van der Waals surface area (Å²) >= 11 is 12.0. The summed E-state index contributed by atoms with van der Waals surface area (Å²) in [5, 5.41) is 1.89. The summed E-state index contributed by atoms with van der Waals surface area (Å²) in [6.07, 6.45) is 0. The summed E-state index contributed by atoms with van der Waals surface area (Å²) in [6, 6.07) is 2.98. The number of rotatable bonds is 8. The van der Waals surface area contributed by atoms with Crippen LogP contribution in [0.15, 0.2) is 12.1 Å². The number of benzene rings is 1. The van der Waals surface area contributed by atoms with E-state index in [2.05, 4.69) is 5.48 Å². The second kappa shape index (κ2) is 9.82. The van der Waals surface area contributed by atoms with Crippen molar-refractivity contribution >= 4 is 35.1 Å². The van der Waals surface area contributed by atoms with Crippen molar-refractivity contribution in [1.82, 2.24) is 10.5 Å². The minimum atomic E-state index is -0.693. The van der Waals surface area contributed by atoms with Gasteiger partial charge in [-0.25, -0.2) is 10.3 Å². The third kappa shape index (κ3) is 6.04. The molecule has 9 heteroatoms. The van der Waals surface area contributed by atoms with E-state index in [0.29, 0.717) is 0 Å². The van der Waals surface area contributed by atoms with E-state index in [4.69, 9.17) is 37.6 Å². The van der Waals surface area contributed by atoms with E-state index in [-0.39, 0.29) is 33.4 Å². The first kappa shape index (κ1) is 21.5. The summed E-state index contributed by atoms with van der Waals surface area (Å²) < 4.78 is 5.08. The quantitative estimate of drug-likeness (QED) is 0.684. The van der Waals surface area contributed by atoms with Gasteiger partial charge in [0.1, 0.15) is 5.56 Å². The van der Waals surface area contributed by atoms with Crippen LogP contribution in [0.4, 0.5) is 0 Å². The van der Waals surface area contributed by atoms with E-state index in [9.17, 15) is 9.59 Å². The van der Waals surface area contributed by atoms with Gasteiger partial charge in [-0.1, -0.05) is 23.2 Å². The molecule has 0 unspecified atom stereocenters. The van der Waals surface area contributed by atoms with Crippen molar-refractivity contribution in [3.8, 4) is 5.75 Å². The normalized spacial score (nSPS) is 11.1. The molecule has 0 radical (unpaired) electrons. The minimum absolute atomic E-state index is 0.00747. The fraction of sp³-hybridized carbons (Fsp3) is 0.500. The molecule has 0 saturated heterocycles. The van der Waals surface area contributed by atoms with Crippen LogP contribution >= 0.6 is 23.2 Å². The molecule has 0 atom stereocenters. The average Bonchev–Trinajstić information content (AvgIpc) is 2.53. The van der Waals surface area contributed by atoms with E-state index in [1.807, 2.05) is 27.7 Å². The van der Waals surface area contributed by atoms with Crippen LogP contribution in [0.3, 0.4) is 0 Å².